The molecule has 0 aliphatic carbocycles. The third kappa shape index (κ3) is 5.23. The number of thioether (sulfide) groups is 1. The summed E-state index contributed by atoms with van der Waals surface area (Å²) in [7, 11) is 1.81. The smallest absolute Gasteiger partial charge is 0.266 e. The van der Waals surface area contributed by atoms with Crippen LogP contribution in [0.15, 0.2) is 46.3 Å². The number of aliphatic imine (C=N–C) groups is 1. The molecule has 2 fully saturated rings. The largest absolute Gasteiger partial charge is 0.378 e. The summed E-state index contributed by atoms with van der Waals surface area (Å²) in [5.74, 6) is 0.468. The van der Waals surface area contributed by atoms with Crippen molar-refractivity contribution in [3.8, 4) is 0 Å². The predicted octanol–water partition coefficient (Wildman–Crippen LogP) is 6.57. The number of hydrogen-bond acceptors (Lipinski definition) is 6. The molecule has 2 saturated heterocycles. The van der Waals surface area contributed by atoms with Gasteiger partial charge in [-0.05, 0) is 110 Å². The summed E-state index contributed by atoms with van der Waals surface area (Å²) >= 11 is 1.45. The van der Waals surface area contributed by atoms with Gasteiger partial charge >= 0.3 is 0 Å². The molecule has 202 valence electrons. The first-order valence-corrected chi connectivity index (χ1v) is 14.6. The number of hydrogen-bond donors (Lipinski definition) is 0. The normalized spacial score (nSPS) is 23.5. The van der Waals surface area contributed by atoms with Gasteiger partial charge in [-0.3, -0.25) is 9.69 Å². The average Bonchev–Trinajstić information content (AvgIpc) is 3.15. The fraction of sp³-hybridized carbons (Fsp3) is 0.484. The minimum atomic E-state index is -0.00222. The second-order valence-corrected chi connectivity index (χ2v) is 12.3. The topological polar surface area (TPSA) is 48.4 Å². The number of morpholine rings is 1. The highest BCUT2D eigenvalue weighted by atomic mass is 32.2. The van der Waals surface area contributed by atoms with Gasteiger partial charge in [0.2, 0.25) is 0 Å². The van der Waals surface area contributed by atoms with Gasteiger partial charge in [-0.15, -0.1) is 0 Å². The lowest BCUT2D eigenvalue weighted by Gasteiger charge is -2.48. The summed E-state index contributed by atoms with van der Waals surface area (Å²) in [6, 6.07) is 12.9. The van der Waals surface area contributed by atoms with E-state index in [0.29, 0.717) is 16.0 Å². The van der Waals surface area contributed by atoms with Crippen molar-refractivity contribution in [1.29, 1.82) is 0 Å². The number of nitrogens with zero attached hydrogens (tertiary/aromatic N) is 4. The SMILES string of the molecule is CCCN1c2cc(C)c(/C=C3/SC(=Nc4ccc(N5CCOCC5)cc4)N(C)C3=O)cc2C(C)CC1(C)C. The fourth-order valence-electron chi connectivity index (χ4n) is 5.92. The van der Waals surface area contributed by atoms with Crippen molar-refractivity contribution in [2.75, 3.05) is 49.7 Å². The molecular weight excluding hydrogens is 492 g/mol. The van der Waals surface area contributed by atoms with E-state index in [-0.39, 0.29) is 11.4 Å². The number of aryl methyl sites for hydroxylation is 1. The highest BCUT2D eigenvalue weighted by molar-refractivity contribution is 8.18. The quantitative estimate of drug-likeness (QED) is 0.408. The number of amides is 1. The van der Waals surface area contributed by atoms with Gasteiger partial charge in [0.25, 0.3) is 5.91 Å². The molecule has 1 amide bonds. The highest BCUT2D eigenvalue weighted by Crippen LogP contribution is 2.45. The molecule has 0 aromatic heterocycles. The number of ether oxygens (including phenoxy) is 1. The number of amidine groups is 1. The minimum absolute atomic E-state index is 0.00222. The van der Waals surface area contributed by atoms with E-state index in [9.17, 15) is 4.79 Å². The van der Waals surface area contributed by atoms with E-state index < -0.39 is 0 Å². The van der Waals surface area contributed by atoms with Crippen LogP contribution < -0.4 is 9.80 Å². The Labute approximate surface area is 231 Å². The van der Waals surface area contributed by atoms with Gasteiger partial charge in [0.05, 0.1) is 23.8 Å². The Bertz CT molecular complexity index is 1260. The van der Waals surface area contributed by atoms with E-state index in [4.69, 9.17) is 9.73 Å². The Hall–Kier alpha value is -2.77. The lowest BCUT2D eigenvalue weighted by Crippen LogP contribution is -2.48. The van der Waals surface area contributed by atoms with E-state index in [1.54, 1.807) is 4.90 Å². The standard InChI is InChI=1S/C31H40N4O2S/c1-7-12-35-27-17-21(2)23(18-26(27)22(3)20-31(35,4)5)19-28-29(36)33(6)30(38-28)32-24-8-10-25(11-9-24)34-13-15-37-16-14-34/h8-11,17-19,22H,7,12-16,20H2,1-6H3/b28-19+,32-30?. The van der Waals surface area contributed by atoms with Crippen LogP contribution in [0.2, 0.25) is 0 Å². The third-order valence-electron chi connectivity index (χ3n) is 7.96. The van der Waals surface area contributed by atoms with Gasteiger partial charge in [0, 0.05) is 43.6 Å². The van der Waals surface area contributed by atoms with Crippen molar-refractivity contribution < 1.29 is 9.53 Å². The van der Waals surface area contributed by atoms with Crippen LogP contribution in [0.25, 0.3) is 6.08 Å². The lowest BCUT2D eigenvalue weighted by atomic mass is 9.79. The molecule has 2 aromatic rings. The third-order valence-corrected chi connectivity index (χ3v) is 9.02. The molecule has 1 atom stereocenters. The maximum Gasteiger partial charge on any atom is 0.266 e. The van der Waals surface area contributed by atoms with Crippen molar-refractivity contribution in [2.24, 2.45) is 4.99 Å². The number of fused-ring (bicyclic) bond motifs is 1. The van der Waals surface area contributed by atoms with Crippen molar-refractivity contribution in [1.82, 2.24) is 4.90 Å². The van der Waals surface area contributed by atoms with Crippen LogP contribution in [-0.2, 0) is 9.53 Å². The van der Waals surface area contributed by atoms with E-state index in [1.165, 1.54) is 34.3 Å². The lowest BCUT2D eigenvalue weighted by molar-refractivity contribution is -0.121. The van der Waals surface area contributed by atoms with Crippen LogP contribution in [0, 0.1) is 6.92 Å². The molecule has 7 heteroatoms. The molecule has 2 aromatic carbocycles. The number of carbonyl (C=O) groups excluding carboxylic acids is 1. The van der Waals surface area contributed by atoms with Crippen molar-refractivity contribution in [3.63, 3.8) is 0 Å². The monoisotopic (exact) mass is 532 g/mol. The van der Waals surface area contributed by atoms with E-state index in [1.807, 2.05) is 19.2 Å². The molecule has 3 aliphatic heterocycles. The zero-order valence-electron chi connectivity index (χ0n) is 23.6. The summed E-state index contributed by atoms with van der Waals surface area (Å²) in [5, 5.41) is 0.709. The van der Waals surface area contributed by atoms with E-state index >= 15 is 0 Å². The van der Waals surface area contributed by atoms with Crippen LogP contribution >= 0.6 is 11.8 Å². The molecular formula is C31H40N4O2S. The Balaban J connectivity index is 1.40. The molecule has 0 bridgehead atoms. The van der Waals surface area contributed by atoms with Gasteiger partial charge in [-0.25, -0.2) is 4.99 Å². The molecule has 0 spiro atoms. The molecule has 1 unspecified atom stereocenters. The second-order valence-electron chi connectivity index (χ2n) is 11.3. The number of rotatable bonds is 5. The Morgan fingerprint density at radius 2 is 1.87 bits per heavy atom. The zero-order valence-corrected chi connectivity index (χ0v) is 24.4. The van der Waals surface area contributed by atoms with Crippen LogP contribution in [-0.4, -0.2) is 61.4 Å². The van der Waals surface area contributed by atoms with Crippen LogP contribution in [0.4, 0.5) is 17.1 Å². The van der Waals surface area contributed by atoms with Gasteiger partial charge in [0.1, 0.15) is 0 Å². The van der Waals surface area contributed by atoms with Crippen molar-refractivity contribution in [3.05, 3.63) is 58.0 Å². The number of carbonyl (C=O) groups is 1. The molecule has 38 heavy (non-hydrogen) atoms. The van der Waals surface area contributed by atoms with Crippen LogP contribution in [0.1, 0.15) is 63.1 Å². The predicted molar refractivity (Wildman–Crippen MR) is 161 cm³/mol. The molecule has 3 heterocycles. The van der Waals surface area contributed by atoms with Crippen molar-refractivity contribution in [2.45, 2.75) is 58.9 Å². The Morgan fingerprint density at radius 3 is 2.55 bits per heavy atom. The molecule has 0 saturated carbocycles. The Morgan fingerprint density at radius 1 is 1.16 bits per heavy atom. The van der Waals surface area contributed by atoms with Gasteiger partial charge in [-0.2, -0.15) is 0 Å². The summed E-state index contributed by atoms with van der Waals surface area (Å²) in [6.45, 7) is 15.8. The van der Waals surface area contributed by atoms with Crippen molar-refractivity contribution >= 4 is 46.0 Å². The second kappa shape index (κ2) is 10.8. The maximum atomic E-state index is 13.2. The average molecular weight is 533 g/mol. The molecule has 6 nitrogen and oxygen atoms in total. The van der Waals surface area contributed by atoms with E-state index in [0.717, 1.165) is 56.9 Å². The van der Waals surface area contributed by atoms with Gasteiger partial charge in [-0.1, -0.05) is 13.8 Å². The minimum Gasteiger partial charge on any atom is -0.378 e. The summed E-state index contributed by atoms with van der Waals surface area (Å²) in [5.41, 5.74) is 7.21. The molecule has 0 radical (unpaired) electrons. The molecule has 3 aliphatic rings. The number of likely N-dealkylation sites (N-methyl/N-ethyl adjacent to an activating group) is 1. The number of anilines is 2. The summed E-state index contributed by atoms with van der Waals surface area (Å²) in [6.07, 6.45) is 4.30. The maximum absolute atomic E-state index is 13.2. The molecule has 0 N–H and O–H groups in total. The molecule has 5 rings (SSSR count). The van der Waals surface area contributed by atoms with Crippen LogP contribution in [0.5, 0.6) is 0 Å². The Kier molecular flexibility index (Phi) is 7.60. The highest BCUT2D eigenvalue weighted by Gasteiger charge is 2.36. The zero-order chi connectivity index (χ0) is 27.0. The number of benzene rings is 2. The van der Waals surface area contributed by atoms with Gasteiger partial charge < -0.3 is 14.5 Å². The fourth-order valence-corrected chi connectivity index (χ4v) is 6.89. The first-order chi connectivity index (χ1) is 18.2. The van der Waals surface area contributed by atoms with Crippen LogP contribution in [0.3, 0.4) is 0 Å². The summed E-state index contributed by atoms with van der Waals surface area (Å²) < 4.78 is 5.46. The van der Waals surface area contributed by atoms with E-state index in [2.05, 4.69) is 74.8 Å². The summed E-state index contributed by atoms with van der Waals surface area (Å²) in [4.78, 5) is 25.3. The first kappa shape index (κ1) is 26.8. The van der Waals surface area contributed by atoms with Gasteiger partial charge in [0.15, 0.2) is 5.17 Å². The first-order valence-electron chi connectivity index (χ1n) is 13.8.